The van der Waals surface area contributed by atoms with Crippen LogP contribution >= 0.6 is 11.8 Å². The predicted octanol–water partition coefficient (Wildman–Crippen LogP) is 6.86. The molecule has 0 aromatic heterocycles. The largest absolute Gasteiger partial charge is 0.383 e. The normalized spacial score (nSPS) is 18.4. The number of unbranched alkanes of at least 4 members (excludes halogenated alkanes) is 1. The Bertz CT molecular complexity index is 995. The molecular weight excluding hydrogens is 436 g/mol. The van der Waals surface area contributed by atoms with E-state index in [0.29, 0.717) is 17.3 Å². The molecular formula is C30H40N2OS. The van der Waals surface area contributed by atoms with Gasteiger partial charge in [-0.25, -0.2) is 5.01 Å². The molecule has 3 aromatic carbocycles. The Morgan fingerprint density at radius 1 is 1.00 bits per heavy atom. The Kier molecular flexibility index (Phi) is 9.87. The van der Waals surface area contributed by atoms with E-state index in [9.17, 15) is 0 Å². The Balaban J connectivity index is 1.55. The maximum atomic E-state index is 5.53. The van der Waals surface area contributed by atoms with Crippen LogP contribution in [0.15, 0.2) is 72.8 Å². The van der Waals surface area contributed by atoms with Gasteiger partial charge in [0.2, 0.25) is 0 Å². The lowest BCUT2D eigenvalue weighted by Crippen LogP contribution is -2.52. The standard InChI is InChI=1S/C30H40N2OS/c1-3-4-16-29(31-32-19-10-15-28(32)22-33-2)30(34-23-24-11-6-5-7-12-24)21-25-17-18-26-13-8-9-14-27(26)20-25/h5-9,11-14,17-18,20,28-31H,3-4,10,15-16,19,21-23H2,1-2H3/t28-,29+,30-/m0/s1. The second-order valence-corrected chi connectivity index (χ2v) is 10.8. The van der Waals surface area contributed by atoms with Gasteiger partial charge < -0.3 is 4.74 Å². The molecule has 0 unspecified atom stereocenters. The second-order valence-electron chi connectivity index (χ2n) is 9.54. The van der Waals surface area contributed by atoms with Gasteiger partial charge in [-0.1, -0.05) is 92.6 Å². The highest BCUT2D eigenvalue weighted by atomic mass is 32.2. The van der Waals surface area contributed by atoms with Crippen LogP contribution in [0.5, 0.6) is 0 Å². The molecule has 34 heavy (non-hydrogen) atoms. The first-order chi connectivity index (χ1) is 16.8. The summed E-state index contributed by atoms with van der Waals surface area (Å²) >= 11 is 2.11. The van der Waals surface area contributed by atoms with Gasteiger partial charge in [-0.3, -0.25) is 5.43 Å². The summed E-state index contributed by atoms with van der Waals surface area (Å²) in [6, 6.07) is 27.6. The highest BCUT2D eigenvalue weighted by Gasteiger charge is 2.30. The van der Waals surface area contributed by atoms with Gasteiger partial charge in [0.05, 0.1) is 6.61 Å². The summed E-state index contributed by atoms with van der Waals surface area (Å²) in [6.07, 6.45) is 7.22. The molecule has 1 aliphatic heterocycles. The number of fused-ring (bicyclic) bond motifs is 1. The van der Waals surface area contributed by atoms with E-state index in [4.69, 9.17) is 4.74 Å². The quantitative estimate of drug-likeness (QED) is 0.291. The van der Waals surface area contributed by atoms with Crippen molar-refractivity contribution in [2.75, 3.05) is 20.3 Å². The lowest BCUT2D eigenvalue weighted by molar-refractivity contribution is 0.0686. The molecule has 182 valence electrons. The summed E-state index contributed by atoms with van der Waals surface area (Å²) in [4.78, 5) is 0. The van der Waals surface area contributed by atoms with Gasteiger partial charge in [0.1, 0.15) is 0 Å². The fourth-order valence-electron chi connectivity index (χ4n) is 5.03. The maximum Gasteiger partial charge on any atom is 0.0632 e. The van der Waals surface area contributed by atoms with Crippen LogP contribution in [-0.2, 0) is 16.9 Å². The first-order valence-electron chi connectivity index (χ1n) is 12.9. The Morgan fingerprint density at radius 2 is 1.79 bits per heavy atom. The minimum absolute atomic E-state index is 0.442. The molecule has 1 saturated heterocycles. The van der Waals surface area contributed by atoms with Crippen LogP contribution in [0, 0.1) is 0 Å². The summed E-state index contributed by atoms with van der Waals surface area (Å²) in [5.41, 5.74) is 6.85. The average molecular weight is 477 g/mol. The van der Waals surface area contributed by atoms with Crippen molar-refractivity contribution >= 4 is 22.5 Å². The molecule has 1 fully saturated rings. The maximum absolute atomic E-state index is 5.53. The second kappa shape index (κ2) is 13.3. The number of ether oxygens (including phenoxy) is 1. The molecule has 1 aliphatic rings. The molecule has 0 bridgehead atoms. The smallest absolute Gasteiger partial charge is 0.0632 e. The van der Waals surface area contributed by atoms with Gasteiger partial charge in [0.15, 0.2) is 0 Å². The fourth-order valence-corrected chi connectivity index (χ4v) is 6.37. The Morgan fingerprint density at radius 3 is 2.59 bits per heavy atom. The number of methoxy groups -OCH3 is 1. The van der Waals surface area contributed by atoms with Crippen molar-refractivity contribution in [1.29, 1.82) is 0 Å². The minimum atomic E-state index is 0.442. The number of rotatable bonds is 13. The molecule has 3 aromatic rings. The predicted molar refractivity (Wildman–Crippen MR) is 147 cm³/mol. The van der Waals surface area contributed by atoms with Gasteiger partial charge in [-0.15, -0.1) is 0 Å². The van der Waals surface area contributed by atoms with Crippen LogP contribution in [0.1, 0.15) is 50.2 Å². The summed E-state index contributed by atoms with van der Waals surface area (Å²) in [6.45, 7) is 4.22. The Labute approximate surface area is 210 Å². The zero-order valence-corrected chi connectivity index (χ0v) is 21.6. The van der Waals surface area contributed by atoms with E-state index in [2.05, 4.69) is 102 Å². The van der Waals surface area contributed by atoms with Crippen molar-refractivity contribution in [3.8, 4) is 0 Å². The molecule has 0 radical (unpaired) electrons. The van der Waals surface area contributed by atoms with Gasteiger partial charge >= 0.3 is 0 Å². The molecule has 0 spiro atoms. The molecule has 1 N–H and O–H groups in total. The highest BCUT2D eigenvalue weighted by molar-refractivity contribution is 7.99. The van der Waals surface area contributed by atoms with Crippen molar-refractivity contribution in [2.45, 2.75) is 68.5 Å². The van der Waals surface area contributed by atoms with Crippen LogP contribution in [0.2, 0.25) is 0 Å². The van der Waals surface area contributed by atoms with Crippen molar-refractivity contribution in [3.05, 3.63) is 83.9 Å². The van der Waals surface area contributed by atoms with E-state index < -0.39 is 0 Å². The Hall–Kier alpha value is -1.85. The van der Waals surface area contributed by atoms with Crippen molar-refractivity contribution < 1.29 is 4.74 Å². The third-order valence-corrected chi connectivity index (χ3v) is 8.37. The van der Waals surface area contributed by atoms with Crippen LogP contribution in [0.25, 0.3) is 10.8 Å². The van der Waals surface area contributed by atoms with Gasteiger partial charge in [-0.05, 0) is 47.6 Å². The van der Waals surface area contributed by atoms with Gasteiger partial charge in [-0.2, -0.15) is 11.8 Å². The number of nitrogens with one attached hydrogen (secondary N) is 1. The monoisotopic (exact) mass is 476 g/mol. The molecule has 4 heteroatoms. The number of hydrogen-bond donors (Lipinski definition) is 1. The van der Waals surface area contributed by atoms with Crippen molar-refractivity contribution in [2.24, 2.45) is 0 Å². The zero-order valence-electron chi connectivity index (χ0n) is 20.8. The lowest BCUT2D eigenvalue weighted by Gasteiger charge is -2.35. The summed E-state index contributed by atoms with van der Waals surface area (Å²) in [7, 11) is 1.82. The molecule has 3 nitrogen and oxygen atoms in total. The first kappa shape index (κ1) is 25.2. The first-order valence-corrected chi connectivity index (χ1v) is 14.0. The summed E-state index contributed by atoms with van der Waals surface area (Å²) in [5, 5.41) is 5.64. The van der Waals surface area contributed by atoms with E-state index in [1.54, 1.807) is 0 Å². The number of hydrogen-bond acceptors (Lipinski definition) is 4. The lowest BCUT2D eigenvalue weighted by atomic mass is 9.98. The molecule has 0 amide bonds. The zero-order chi connectivity index (χ0) is 23.6. The average Bonchev–Trinajstić information content (AvgIpc) is 3.31. The van der Waals surface area contributed by atoms with Gasteiger partial charge in [0.25, 0.3) is 0 Å². The van der Waals surface area contributed by atoms with Crippen molar-refractivity contribution in [1.82, 2.24) is 10.4 Å². The topological polar surface area (TPSA) is 24.5 Å². The highest BCUT2D eigenvalue weighted by Crippen LogP contribution is 2.29. The number of hydrazine groups is 1. The van der Waals surface area contributed by atoms with Crippen LogP contribution < -0.4 is 5.43 Å². The number of benzene rings is 3. The van der Waals surface area contributed by atoms with Crippen molar-refractivity contribution in [3.63, 3.8) is 0 Å². The third kappa shape index (κ3) is 7.08. The molecule has 3 atom stereocenters. The van der Waals surface area contributed by atoms with Crippen LogP contribution in [0.3, 0.4) is 0 Å². The minimum Gasteiger partial charge on any atom is -0.383 e. The SMILES string of the molecule is CCCC[C@@H](NN1CCC[C@H]1COC)[C@H](Cc1ccc2ccccc2c1)SCc1ccccc1. The van der Waals surface area contributed by atoms with E-state index in [-0.39, 0.29) is 0 Å². The molecule has 0 aliphatic carbocycles. The fraction of sp³-hybridized carbons (Fsp3) is 0.467. The number of nitrogens with zero attached hydrogens (tertiary/aromatic N) is 1. The van der Waals surface area contributed by atoms with Gasteiger partial charge in [0, 0.05) is 36.7 Å². The van der Waals surface area contributed by atoms with E-state index in [1.165, 1.54) is 54.0 Å². The van der Waals surface area contributed by atoms with E-state index >= 15 is 0 Å². The van der Waals surface area contributed by atoms with E-state index in [0.717, 1.165) is 25.3 Å². The molecule has 4 rings (SSSR count). The summed E-state index contributed by atoms with van der Waals surface area (Å²) < 4.78 is 5.53. The number of thioether (sulfide) groups is 1. The summed E-state index contributed by atoms with van der Waals surface area (Å²) in [5.74, 6) is 1.05. The van der Waals surface area contributed by atoms with Crippen LogP contribution in [0.4, 0.5) is 0 Å². The van der Waals surface area contributed by atoms with E-state index in [1.807, 2.05) is 7.11 Å². The molecule has 0 saturated carbocycles. The third-order valence-electron chi connectivity index (χ3n) is 6.94. The molecule has 1 heterocycles. The van der Waals surface area contributed by atoms with Crippen LogP contribution in [-0.4, -0.2) is 42.6 Å².